The first kappa shape index (κ1) is 15.3. The number of imide groups is 1. The Morgan fingerprint density at radius 3 is 2.59 bits per heavy atom. The minimum absolute atomic E-state index is 0.00683. The van der Waals surface area contributed by atoms with Crippen LogP contribution in [0.15, 0.2) is 0 Å². The predicted molar refractivity (Wildman–Crippen MR) is 80.9 cm³/mol. The SMILES string of the molecule is C[C@@H]1CC(C)(C)C[C@]2(C1)NC(=O)N(CC(=O)NC1CC1)C2=O. The lowest BCUT2D eigenvalue weighted by Gasteiger charge is -2.43. The zero-order valence-corrected chi connectivity index (χ0v) is 13.6. The van der Waals surface area contributed by atoms with Crippen LogP contribution in [0.5, 0.6) is 0 Å². The van der Waals surface area contributed by atoms with Crippen LogP contribution in [-0.4, -0.2) is 40.9 Å². The third-order valence-corrected chi connectivity index (χ3v) is 4.87. The van der Waals surface area contributed by atoms with Crippen molar-refractivity contribution in [3.8, 4) is 0 Å². The van der Waals surface area contributed by atoms with Crippen LogP contribution in [0, 0.1) is 11.3 Å². The molecule has 1 aliphatic heterocycles. The Bertz CT molecular complexity index is 527. The molecule has 0 radical (unpaired) electrons. The van der Waals surface area contributed by atoms with Crippen molar-refractivity contribution in [3.05, 3.63) is 0 Å². The number of carbonyl (C=O) groups excluding carboxylic acids is 3. The molecule has 6 nitrogen and oxygen atoms in total. The Morgan fingerprint density at radius 1 is 1.32 bits per heavy atom. The number of urea groups is 1. The van der Waals surface area contributed by atoms with Gasteiger partial charge in [0, 0.05) is 6.04 Å². The standard InChI is InChI=1S/C16H25N3O3/c1-10-6-15(2,3)9-16(7-10)13(21)19(14(22)18-16)8-12(20)17-11-4-5-11/h10-11H,4-9H2,1-3H3,(H,17,20)(H,18,22)/t10-,16+/m1/s1. The lowest BCUT2D eigenvalue weighted by Crippen LogP contribution is -2.54. The van der Waals surface area contributed by atoms with Crippen LogP contribution < -0.4 is 10.6 Å². The molecule has 0 aromatic heterocycles. The van der Waals surface area contributed by atoms with E-state index in [4.69, 9.17) is 0 Å². The molecule has 122 valence electrons. The topological polar surface area (TPSA) is 78.5 Å². The predicted octanol–water partition coefficient (Wildman–Crippen LogP) is 1.40. The summed E-state index contributed by atoms with van der Waals surface area (Å²) in [6, 6.07) is -0.197. The molecule has 3 fully saturated rings. The summed E-state index contributed by atoms with van der Waals surface area (Å²) in [5.74, 6) is -0.109. The van der Waals surface area contributed by atoms with Crippen molar-refractivity contribution in [3.63, 3.8) is 0 Å². The number of nitrogens with zero attached hydrogens (tertiary/aromatic N) is 1. The van der Waals surface area contributed by atoms with Gasteiger partial charge in [-0.3, -0.25) is 14.5 Å². The number of hydrogen-bond donors (Lipinski definition) is 2. The fraction of sp³-hybridized carbons (Fsp3) is 0.812. The van der Waals surface area contributed by atoms with Gasteiger partial charge in [0.25, 0.3) is 5.91 Å². The highest BCUT2D eigenvalue weighted by molar-refractivity contribution is 6.09. The van der Waals surface area contributed by atoms with Crippen molar-refractivity contribution in [2.75, 3.05) is 6.54 Å². The van der Waals surface area contributed by atoms with Gasteiger partial charge < -0.3 is 10.6 Å². The average molecular weight is 307 g/mol. The first-order valence-corrected chi connectivity index (χ1v) is 8.14. The lowest BCUT2D eigenvalue weighted by atomic mass is 9.64. The molecule has 2 saturated carbocycles. The maximum absolute atomic E-state index is 12.8. The number of amides is 4. The van der Waals surface area contributed by atoms with Crippen LogP contribution in [0.25, 0.3) is 0 Å². The molecule has 1 heterocycles. The smallest absolute Gasteiger partial charge is 0.325 e. The van der Waals surface area contributed by atoms with Gasteiger partial charge in [-0.1, -0.05) is 20.8 Å². The second-order valence-electron chi connectivity index (χ2n) is 8.10. The molecule has 4 amide bonds. The van der Waals surface area contributed by atoms with Gasteiger partial charge in [-0.2, -0.15) is 0 Å². The van der Waals surface area contributed by atoms with Crippen molar-refractivity contribution < 1.29 is 14.4 Å². The molecule has 1 spiro atoms. The zero-order chi connectivity index (χ0) is 16.1. The third kappa shape index (κ3) is 2.83. The first-order chi connectivity index (χ1) is 10.2. The lowest BCUT2D eigenvalue weighted by molar-refractivity contribution is -0.137. The molecule has 2 aliphatic carbocycles. The first-order valence-electron chi connectivity index (χ1n) is 8.14. The van der Waals surface area contributed by atoms with Crippen molar-refractivity contribution in [1.29, 1.82) is 0 Å². The van der Waals surface area contributed by atoms with Gasteiger partial charge in [-0.15, -0.1) is 0 Å². The van der Waals surface area contributed by atoms with Crippen molar-refractivity contribution in [2.24, 2.45) is 11.3 Å². The van der Waals surface area contributed by atoms with Crippen molar-refractivity contribution in [2.45, 2.75) is 64.5 Å². The summed E-state index contributed by atoms with van der Waals surface area (Å²) >= 11 is 0. The highest BCUT2D eigenvalue weighted by atomic mass is 16.2. The van der Waals surface area contributed by atoms with Gasteiger partial charge in [0.2, 0.25) is 5.91 Å². The minimum Gasteiger partial charge on any atom is -0.352 e. The van der Waals surface area contributed by atoms with E-state index in [1.54, 1.807) is 0 Å². The van der Waals surface area contributed by atoms with Gasteiger partial charge in [0.05, 0.1) is 0 Å². The Hall–Kier alpha value is -1.59. The fourth-order valence-electron chi connectivity index (χ4n) is 4.29. The van der Waals surface area contributed by atoms with Crippen LogP contribution in [-0.2, 0) is 9.59 Å². The molecular weight excluding hydrogens is 282 g/mol. The molecule has 6 heteroatoms. The summed E-state index contributed by atoms with van der Waals surface area (Å²) in [7, 11) is 0. The monoisotopic (exact) mass is 307 g/mol. The van der Waals surface area contributed by atoms with Crippen LogP contribution in [0.3, 0.4) is 0 Å². The Kier molecular flexibility index (Phi) is 3.45. The second-order valence-corrected chi connectivity index (χ2v) is 8.10. The molecule has 3 rings (SSSR count). The second kappa shape index (κ2) is 4.96. The van der Waals surface area contributed by atoms with Gasteiger partial charge in [0.1, 0.15) is 12.1 Å². The summed E-state index contributed by atoms with van der Waals surface area (Å²) in [6.45, 7) is 6.21. The molecular formula is C16H25N3O3. The molecule has 22 heavy (non-hydrogen) atoms. The Labute approximate surface area is 131 Å². The molecule has 2 N–H and O–H groups in total. The largest absolute Gasteiger partial charge is 0.352 e. The normalized spacial score (nSPS) is 34.0. The van der Waals surface area contributed by atoms with Crippen LogP contribution in [0.4, 0.5) is 4.79 Å². The number of hydrogen-bond acceptors (Lipinski definition) is 3. The van der Waals surface area contributed by atoms with Crippen LogP contribution >= 0.6 is 0 Å². The summed E-state index contributed by atoms with van der Waals surface area (Å²) in [5.41, 5.74) is -0.814. The van der Waals surface area contributed by atoms with Crippen molar-refractivity contribution >= 4 is 17.8 Å². The van der Waals surface area contributed by atoms with E-state index >= 15 is 0 Å². The average Bonchev–Trinajstić information content (AvgIpc) is 3.12. The zero-order valence-electron chi connectivity index (χ0n) is 13.6. The van der Waals surface area contributed by atoms with Gasteiger partial charge in [0.15, 0.2) is 0 Å². The molecule has 0 aromatic rings. The van der Waals surface area contributed by atoms with Gasteiger partial charge in [-0.05, 0) is 43.4 Å². The van der Waals surface area contributed by atoms with Gasteiger partial charge >= 0.3 is 6.03 Å². The highest BCUT2D eigenvalue weighted by Crippen LogP contribution is 2.46. The number of nitrogens with one attached hydrogen (secondary N) is 2. The summed E-state index contributed by atoms with van der Waals surface area (Å²) < 4.78 is 0. The van der Waals surface area contributed by atoms with E-state index in [0.29, 0.717) is 18.8 Å². The van der Waals surface area contributed by atoms with E-state index in [-0.39, 0.29) is 29.8 Å². The highest BCUT2D eigenvalue weighted by Gasteiger charge is 2.56. The summed E-state index contributed by atoms with van der Waals surface area (Å²) in [5, 5.41) is 5.71. The number of rotatable bonds is 3. The molecule has 0 unspecified atom stereocenters. The third-order valence-electron chi connectivity index (χ3n) is 4.87. The van der Waals surface area contributed by atoms with E-state index in [0.717, 1.165) is 24.2 Å². The molecule has 2 atom stereocenters. The molecule has 1 saturated heterocycles. The molecule has 3 aliphatic rings. The van der Waals surface area contributed by atoms with E-state index in [9.17, 15) is 14.4 Å². The summed E-state index contributed by atoms with van der Waals surface area (Å²) in [6.07, 6.45) is 4.31. The summed E-state index contributed by atoms with van der Waals surface area (Å²) in [4.78, 5) is 38.1. The van der Waals surface area contributed by atoms with E-state index in [1.165, 1.54) is 0 Å². The maximum Gasteiger partial charge on any atom is 0.325 e. The van der Waals surface area contributed by atoms with Gasteiger partial charge in [-0.25, -0.2) is 4.79 Å². The Balaban J connectivity index is 1.73. The fourth-order valence-corrected chi connectivity index (χ4v) is 4.29. The number of carbonyl (C=O) groups is 3. The minimum atomic E-state index is -0.821. The molecule has 0 aromatic carbocycles. The van der Waals surface area contributed by atoms with Crippen molar-refractivity contribution in [1.82, 2.24) is 15.5 Å². The molecule has 0 bridgehead atoms. The maximum atomic E-state index is 12.8. The Morgan fingerprint density at radius 2 is 2.00 bits per heavy atom. The quantitative estimate of drug-likeness (QED) is 0.774. The van der Waals surface area contributed by atoms with E-state index in [1.807, 2.05) is 0 Å². The van der Waals surface area contributed by atoms with Crippen LogP contribution in [0.1, 0.15) is 52.9 Å². The van der Waals surface area contributed by atoms with E-state index < -0.39 is 11.6 Å². The van der Waals surface area contributed by atoms with E-state index in [2.05, 4.69) is 31.4 Å². The van der Waals surface area contributed by atoms with Crippen LogP contribution in [0.2, 0.25) is 0 Å².